The summed E-state index contributed by atoms with van der Waals surface area (Å²) in [6.07, 6.45) is 4.65. The third-order valence-electron chi connectivity index (χ3n) is 6.49. The second-order valence-electron chi connectivity index (χ2n) is 7.09. The van der Waals surface area contributed by atoms with Crippen LogP contribution in [0.15, 0.2) is 54.6 Å². The van der Waals surface area contributed by atoms with Crippen LogP contribution in [-0.2, 0) is 17.6 Å². The highest BCUT2D eigenvalue weighted by Crippen LogP contribution is 2.56. The van der Waals surface area contributed by atoms with Gasteiger partial charge in [0.25, 0.3) is 0 Å². The van der Waals surface area contributed by atoms with E-state index >= 15 is 0 Å². The Morgan fingerprint density at radius 2 is 1.04 bits per heavy atom. The van der Waals surface area contributed by atoms with Crippen molar-refractivity contribution in [3.63, 3.8) is 0 Å². The summed E-state index contributed by atoms with van der Waals surface area (Å²) in [5.41, 5.74) is 4.85. The lowest BCUT2D eigenvalue weighted by Crippen LogP contribution is -2.49. The van der Waals surface area contributed by atoms with Gasteiger partial charge in [0.2, 0.25) is 0 Å². The van der Waals surface area contributed by atoms with E-state index in [9.17, 15) is 0 Å². The third-order valence-corrected chi connectivity index (χ3v) is 6.49. The van der Waals surface area contributed by atoms with Gasteiger partial charge in [-0.3, -0.25) is 4.90 Å². The molecule has 0 aromatic heterocycles. The van der Waals surface area contributed by atoms with Crippen LogP contribution in [0, 0.1) is 0 Å². The van der Waals surface area contributed by atoms with Crippen molar-refractivity contribution in [1.82, 2.24) is 4.90 Å². The zero-order valence-electron chi connectivity index (χ0n) is 15.7. The van der Waals surface area contributed by atoms with Crippen molar-refractivity contribution in [3.05, 3.63) is 71.3 Å². The van der Waals surface area contributed by atoms with Crippen molar-refractivity contribution in [2.45, 2.75) is 71.0 Å². The molecule has 24 heavy (non-hydrogen) atoms. The van der Waals surface area contributed by atoms with Crippen molar-refractivity contribution in [2.24, 2.45) is 0 Å². The minimum atomic E-state index is 0.151. The Labute approximate surface area is 147 Å². The summed E-state index contributed by atoms with van der Waals surface area (Å²) >= 11 is 0. The molecule has 1 nitrogen and oxygen atoms in total. The molecule has 0 bridgehead atoms. The van der Waals surface area contributed by atoms with Crippen LogP contribution in [0.2, 0.25) is 0 Å². The second kappa shape index (κ2) is 6.72. The largest absolute Gasteiger partial charge is 0.280 e. The molecular formula is C23H31N. The van der Waals surface area contributed by atoms with E-state index in [-0.39, 0.29) is 11.1 Å². The first-order valence-electron chi connectivity index (χ1n) is 9.60. The summed E-state index contributed by atoms with van der Waals surface area (Å²) in [4.78, 5) is 2.83. The van der Waals surface area contributed by atoms with Gasteiger partial charge in [0.1, 0.15) is 0 Å². The fraction of sp³-hybridized carbons (Fsp3) is 0.478. The molecule has 0 spiro atoms. The predicted molar refractivity (Wildman–Crippen MR) is 103 cm³/mol. The molecule has 0 atom stereocenters. The number of rotatable bonds is 6. The zero-order chi connectivity index (χ0) is 17.2. The first kappa shape index (κ1) is 17.2. The van der Waals surface area contributed by atoms with Crippen LogP contribution in [-0.4, -0.2) is 4.90 Å². The molecule has 1 heterocycles. The maximum absolute atomic E-state index is 2.83. The quantitative estimate of drug-likeness (QED) is 0.609. The summed E-state index contributed by atoms with van der Waals surface area (Å²) in [6.45, 7) is 10.5. The summed E-state index contributed by atoms with van der Waals surface area (Å²) in [5.74, 6) is 0. The number of benzene rings is 2. The maximum Gasteiger partial charge on any atom is 0.0471 e. The lowest BCUT2D eigenvalue weighted by molar-refractivity contribution is -0.0233. The third kappa shape index (κ3) is 2.33. The average molecular weight is 322 g/mol. The van der Waals surface area contributed by atoms with Crippen LogP contribution in [0.1, 0.15) is 70.1 Å². The highest BCUT2D eigenvalue weighted by molar-refractivity contribution is 5.45. The fourth-order valence-electron chi connectivity index (χ4n) is 5.09. The van der Waals surface area contributed by atoms with E-state index in [0.29, 0.717) is 0 Å². The molecule has 2 aromatic carbocycles. The molecule has 1 heteroatoms. The second-order valence-corrected chi connectivity index (χ2v) is 7.09. The van der Waals surface area contributed by atoms with Crippen LogP contribution < -0.4 is 0 Å². The van der Waals surface area contributed by atoms with Crippen molar-refractivity contribution in [2.75, 3.05) is 0 Å². The molecule has 2 aromatic rings. The first-order chi connectivity index (χ1) is 11.7. The number of fused-ring (bicyclic) bond motifs is 1. The molecule has 0 saturated carbocycles. The van der Waals surface area contributed by atoms with Crippen molar-refractivity contribution in [3.8, 4) is 0 Å². The Hall–Kier alpha value is -1.60. The van der Waals surface area contributed by atoms with Gasteiger partial charge in [-0.05, 0) is 42.4 Å². The van der Waals surface area contributed by atoms with Gasteiger partial charge in [0.05, 0.1) is 0 Å². The number of hydrogen-bond donors (Lipinski definition) is 0. The summed E-state index contributed by atoms with van der Waals surface area (Å²) in [5, 5.41) is 0. The van der Waals surface area contributed by atoms with E-state index in [0.717, 1.165) is 32.2 Å². The minimum absolute atomic E-state index is 0.151. The van der Waals surface area contributed by atoms with Gasteiger partial charge in [-0.15, -0.1) is 0 Å². The van der Waals surface area contributed by atoms with E-state index in [1.165, 1.54) is 5.56 Å². The molecule has 0 N–H and O–H groups in total. The zero-order valence-corrected chi connectivity index (χ0v) is 15.7. The minimum Gasteiger partial charge on any atom is -0.280 e. The van der Waals surface area contributed by atoms with E-state index in [2.05, 4.69) is 87.2 Å². The van der Waals surface area contributed by atoms with Gasteiger partial charge in [0, 0.05) is 17.6 Å². The molecule has 0 radical (unpaired) electrons. The Kier molecular flexibility index (Phi) is 4.83. The van der Waals surface area contributed by atoms with Gasteiger partial charge in [0.15, 0.2) is 0 Å². The molecule has 1 aliphatic heterocycles. The lowest BCUT2D eigenvalue weighted by Gasteiger charge is -2.47. The van der Waals surface area contributed by atoms with Gasteiger partial charge in [-0.2, -0.15) is 0 Å². The molecule has 0 unspecified atom stereocenters. The Morgan fingerprint density at radius 1 is 0.625 bits per heavy atom. The van der Waals surface area contributed by atoms with Crippen molar-refractivity contribution >= 4 is 0 Å². The molecule has 0 fully saturated rings. The summed E-state index contributed by atoms with van der Waals surface area (Å²) < 4.78 is 0. The van der Waals surface area contributed by atoms with Gasteiger partial charge >= 0.3 is 0 Å². The van der Waals surface area contributed by atoms with Gasteiger partial charge in [-0.1, -0.05) is 82.3 Å². The highest BCUT2D eigenvalue weighted by atomic mass is 15.3. The molecule has 0 amide bonds. The smallest absolute Gasteiger partial charge is 0.0471 e. The van der Waals surface area contributed by atoms with Gasteiger partial charge in [-0.25, -0.2) is 0 Å². The van der Waals surface area contributed by atoms with Crippen LogP contribution in [0.4, 0.5) is 0 Å². The Balaban J connectivity index is 2.19. The topological polar surface area (TPSA) is 3.24 Å². The lowest BCUT2D eigenvalue weighted by atomic mass is 9.83. The monoisotopic (exact) mass is 321 g/mol. The number of hydrogen-bond acceptors (Lipinski definition) is 1. The number of nitrogens with zero attached hydrogens (tertiary/aromatic N) is 1. The molecule has 0 saturated heterocycles. The van der Waals surface area contributed by atoms with E-state index in [1.54, 1.807) is 11.1 Å². The first-order valence-corrected chi connectivity index (χ1v) is 9.60. The maximum atomic E-state index is 2.83. The van der Waals surface area contributed by atoms with Crippen LogP contribution in [0.25, 0.3) is 0 Å². The van der Waals surface area contributed by atoms with Crippen LogP contribution in [0.5, 0.6) is 0 Å². The molecule has 1 aliphatic rings. The molecule has 3 rings (SSSR count). The van der Waals surface area contributed by atoms with Gasteiger partial charge < -0.3 is 0 Å². The Bertz CT molecular complexity index is 626. The normalized spacial score (nSPS) is 18.5. The highest BCUT2D eigenvalue weighted by Gasteiger charge is 2.54. The molecule has 128 valence electrons. The summed E-state index contributed by atoms with van der Waals surface area (Å²) in [7, 11) is 0. The molecular weight excluding hydrogens is 290 g/mol. The van der Waals surface area contributed by atoms with Crippen LogP contribution >= 0.6 is 0 Å². The standard InChI is InChI=1S/C23H31N/c1-5-22(6-2)20-16-12-13-17-21(20)23(7-3,8-4)24(22)18-19-14-10-9-11-15-19/h9-17H,5-8,18H2,1-4H3. The Morgan fingerprint density at radius 3 is 1.46 bits per heavy atom. The molecule has 0 aliphatic carbocycles. The van der Waals surface area contributed by atoms with Crippen molar-refractivity contribution < 1.29 is 0 Å². The van der Waals surface area contributed by atoms with Crippen molar-refractivity contribution in [1.29, 1.82) is 0 Å². The predicted octanol–water partition coefficient (Wildman–Crippen LogP) is 6.23. The average Bonchev–Trinajstić information content (AvgIpc) is 2.89. The SMILES string of the molecule is CCC1(CC)c2ccccc2C(CC)(CC)N1Cc1ccccc1. The van der Waals surface area contributed by atoms with E-state index in [1.807, 2.05) is 0 Å². The summed E-state index contributed by atoms with van der Waals surface area (Å²) in [6, 6.07) is 20.2. The van der Waals surface area contributed by atoms with E-state index in [4.69, 9.17) is 0 Å². The van der Waals surface area contributed by atoms with Crippen LogP contribution in [0.3, 0.4) is 0 Å². The van der Waals surface area contributed by atoms with E-state index < -0.39 is 0 Å². The fourth-order valence-corrected chi connectivity index (χ4v) is 5.09.